The first-order valence-electron chi connectivity index (χ1n) is 7.21. The number of esters is 1. The van der Waals surface area contributed by atoms with Crippen LogP contribution in [0.15, 0.2) is 11.6 Å². The molecule has 4 atom stereocenters. The minimum atomic E-state index is -0.799. The molecule has 3 aliphatic carbocycles. The van der Waals surface area contributed by atoms with Crippen molar-refractivity contribution in [2.45, 2.75) is 38.2 Å². The van der Waals surface area contributed by atoms with E-state index in [2.05, 4.69) is 0 Å². The molecule has 0 aromatic carbocycles. The SMILES string of the molecule is C/C(=C\C(=O)C[C@@]12C(=O)O[C@@]3(CO)CC[C@@H]1C[C@H]32)C(N)=O. The number of hydrogen-bond acceptors (Lipinski definition) is 5. The minimum Gasteiger partial charge on any atom is -0.456 e. The topological polar surface area (TPSA) is 107 Å². The van der Waals surface area contributed by atoms with Crippen LogP contribution in [0, 0.1) is 17.3 Å². The van der Waals surface area contributed by atoms with Crippen LogP contribution in [0.2, 0.25) is 0 Å². The number of allylic oxidation sites excluding steroid dienone is 1. The molecule has 1 amide bonds. The van der Waals surface area contributed by atoms with Crippen LogP contribution in [0.5, 0.6) is 0 Å². The van der Waals surface area contributed by atoms with Gasteiger partial charge in [0.2, 0.25) is 5.91 Å². The fourth-order valence-electron chi connectivity index (χ4n) is 4.41. The van der Waals surface area contributed by atoms with E-state index in [1.807, 2.05) is 0 Å². The Morgan fingerprint density at radius 3 is 2.81 bits per heavy atom. The first-order valence-corrected chi connectivity index (χ1v) is 7.21. The summed E-state index contributed by atoms with van der Waals surface area (Å²) >= 11 is 0. The van der Waals surface area contributed by atoms with Crippen LogP contribution in [0.1, 0.15) is 32.6 Å². The third kappa shape index (κ3) is 1.71. The Hall–Kier alpha value is -1.69. The third-order valence-corrected chi connectivity index (χ3v) is 5.60. The molecule has 0 radical (unpaired) electrons. The standard InChI is InChI=1S/C15H19NO5/c1-8(12(16)19)4-10(18)6-15-9-2-3-14(7-17,11(15)5-9)21-13(15)20/h4,9,11,17H,2-3,5-7H2,1H3,(H2,16,19)/b8-4+/t9-,11-,14-,15-/m1/s1. The molecule has 21 heavy (non-hydrogen) atoms. The summed E-state index contributed by atoms with van der Waals surface area (Å²) in [6.07, 6.45) is 3.51. The lowest BCUT2D eigenvalue weighted by Gasteiger charge is -2.56. The van der Waals surface area contributed by atoms with Crippen molar-refractivity contribution < 1.29 is 24.2 Å². The quantitative estimate of drug-likeness (QED) is 0.551. The number of primary amides is 1. The molecule has 0 spiro atoms. The molecule has 4 bridgehead atoms. The Balaban J connectivity index is 1.86. The highest BCUT2D eigenvalue weighted by molar-refractivity contribution is 6.02. The summed E-state index contributed by atoms with van der Waals surface area (Å²) in [6.45, 7) is 1.28. The zero-order valence-electron chi connectivity index (χ0n) is 11.9. The lowest BCUT2D eigenvalue weighted by atomic mass is 9.43. The van der Waals surface area contributed by atoms with Crippen molar-refractivity contribution in [3.05, 3.63) is 11.6 Å². The van der Waals surface area contributed by atoms with Crippen LogP contribution in [0.3, 0.4) is 0 Å². The number of nitrogens with two attached hydrogens (primary N) is 1. The van der Waals surface area contributed by atoms with Crippen LogP contribution >= 0.6 is 0 Å². The van der Waals surface area contributed by atoms with Gasteiger partial charge in [0.1, 0.15) is 5.60 Å². The van der Waals surface area contributed by atoms with E-state index in [1.54, 1.807) is 0 Å². The molecule has 114 valence electrons. The summed E-state index contributed by atoms with van der Waals surface area (Å²) < 4.78 is 5.48. The summed E-state index contributed by atoms with van der Waals surface area (Å²) in [6, 6.07) is 0. The van der Waals surface area contributed by atoms with Gasteiger partial charge in [0.15, 0.2) is 5.78 Å². The monoisotopic (exact) mass is 293 g/mol. The Morgan fingerprint density at radius 1 is 1.52 bits per heavy atom. The Morgan fingerprint density at radius 2 is 2.24 bits per heavy atom. The first kappa shape index (κ1) is 14.3. The number of carbonyl (C=O) groups is 3. The van der Waals surface area contributed by atoms with Crippen molar-refractivity contribution in [3.63, 3.8) is 0 Å². The molecular formula is C15H19NO5. The van der Waals surface area contributed by atoms with E-state index in [9.17, 15) is 19.5 Å². The molecule has 1 aliphatic heterocycles. The number of fused-ring (bicyclic) bond motifs is 1. The molecule has 4 rings (SSSR count). The fourth-order valence-corrected chi connectivity index (χ4v) is 4.41. The number of hydrogen-bond donors (Lipinski definition) is 2. The van der Waals surface area contributed by atoms with Crippen molar-refractivity contribution >= 4 is 17.7 Å². The lowest BCUT2D eigenvalue weighted by molar-refractivity contribution is -0.157. The van der Waals surface area contributed by atoms with Gasteiger partial charge in [-0.05, 0) is 38.2 Å². The number of carbonyl (C=O) groups excluding carboxylic acids is 3. The van der Waals surface area contributed by atoms with E-state index in [-0.39, 0.29) is 42.2 Å². The maximum Gasteiger partial charge on any atom is 0.313 e. The number of aliphatic hydroxyl groups is 1. The predicted octanol–water partition coefficient (Wildman–Crippen LogP) is 0.0814. The van der Waals surface area contributed by atoms with Gasteiger partial charge in [-0.15, -0.1) is 0 Å². The minimum absolute atomic E-state index is 0.0353. The van der Waals surface area contributed by atoms with Crippen LogP contribution in [-0.4, -0.2) is 35.0 Å². The third-order valence-electron chi connectivity index (χ3n) is 5.60. The maximum absolute atomic E-state index is 12.3. The normalized spacial score (nSPS) is 40.5. The average Bonchev–Trinajstić information content (AvgIpc) is 2.54. The molecule has 4 fully saturated rings. The highest BCUT2D eigenvalue weighted by atomic mass is 16.6. The summed E-state index contributed by atoms with van der Waals surface area (Å²) in [5.74, 6) is -1.24. The molecule has 4 aliphatic rings. The van der Waals surface area contributed by atoms with E-state index in [0.29, 0.717) is 6.42 Å². The lowest BCUT2D eigenvalue weighted by Crippen LogP contribution is -2.61. The second-order valence-electron chi connectivity index (χ2n) is 6.51. The molecule has 0 aromatic heterocycles. The van der Waals surface area contributed by atoms with Gasteiger partial charge in [0, 0.05) is 17.9 Å². The van der Waals surface area contributed by atoms with E-state index < -0.39 is 16.9 Å². The van der Waals surface area contributed by atoms with Gasteiger partial charge in [-0.3, -0.25) is 14.4 Å². The highest BCUT2D eigenvalue weighted by Crippen LogP contribution is 2.70. The largest absolute Gasteiger partial charge is 0.456 e. The summed E-state index contributed by atoms with van der Waals surface area (Å²) in [5.41, 5.74) is 3.70. The second-order valence-corrected chi connectivity index (χ2v) is 6.51. The summed E-state index contributed by atoms with van der Waals surface area (Å²) in [4.78, 5) is 35.5. The van der Waals surface area contributed by atoms with Crippen LogP contribution in [0.4, 0.5) is 0 Å². The highest BCUT2D eigenvalue weighted by Gasteiger charge is 2.76. The van der Waals surface area contributed by atoms with Crippen LogP contribution in [-0.2, 0) is 19.1 Å². The van der Waals surface area contributed by atoms with Crippen molar-refractivity contribution in [2.24, 2.45) is 23.0 Å². The summed E-state index contributed by atoms with van der Waals surface area (Å²) in [7, 11) is 0. The number of amides is 1. The molecule has 3 saturated carbocycles. The molecule has 6 heteroatoms. The van der Waals surface area contributed by atoms with Gasteiger partial charge in [0.25, 0.3) is 0 Å². The zero-order valence-corrected chi connectivity index (χ0v) is 11.9. The smallest absolute Gasteiger partial charge is 0.313 e. The van der Waals surface area contributed by atoms with E-state index in [4.69, 9.17) is 10.5 Å². The van der Waals surface area contributed by atoms with Crippen molar-refractivity contribution in [1.82, 2.24) is 0 Å². The van der Waals surface area contributed by atoms with Gasteiger partial charge in [-0.1, -0.05) is 0 Å². The second kappa shape index (κ2) is 4.40. The molecule has 0 aromatic rings. The molecule has 1 heterocycles. The number of rotatable bonds is 5. The fraction of sp³-hybridized carbons (Fsp3) is 0.667. The molecule has 6 nitrogen and oxygen atoms in total. The number of ketones is 1. The first-order chi connectivity index (χ1) is 9.85. The summed E-state index contributed by atoms with van der Waals surface area (Å²) in [5, 5.41) is 9.61. The molecular weight excluding hydrogens is 274 g/mol. The van der Waals surface area contributed by atoms with Gasteiger partial charge < -0.3 is 15.6 Å². The molecule has 1 saturated heterocycles. The Labute approximate surface area is 122 Å². The predicted molar refractivity (Wildman–Crippen MR) is 71.7 cm³/mol. The number of ether oxygens (including phenoxy) is 1. The Kier molecular flexibility index (Phi) is 2.99. The molecule has 0 unspecified atom stereocenters. The van der Waals surface area contributed by atoms with Crippen LogP contribution in [0.25, 0.3) is 0 Å². The van der Waals surface area contributed by atoms with Crippen LogP contribution < -0.4 is 5.73 Å². The van der Waals surface area contributed by atoms with Crippen molar-refractivity contribution in [3.8, 4) is 0 Å². The van der Waals surface area contributed by atoms with Crippen molar-refractivity contribution in [1.29, 1.82) is 0 Å². The van der Waals surface area contributed by atoms with Gasteiger partial charge in [-0.2, -0.15) is 0 Å². The van der Waals surface area contributed by atoms with Crippen molar-refractivity contribution in [2.75, 3.05) is 6.61 Å². The average molecular weight is 293 g/mol. The van der Waals surface area contributed by atoms with Gasteiger partial charge in [-0.25, -0.2) is 0 Å². The van der Waals surface area contributed by atoms with E-state index in [1.165, 1.54) is 13.0 Å². The van der Waals surface area contributed by atoms with Gasteiger partial charge >= 0.3 is 5.97 Å². The maximum atomic E-state index is 12.3. The van der Waals surface area contributed by atoms with Gasteiger partial charge in [0.05, 0.1) is 12.0 Å². The Bertz CT molecular complexity index is 566. The van der Waals surface area contributed by atoms with E-state index >= 15 is 0 Å². The zero-order chi connectivity index (χ0) is 15.4. The number of aliphatic hydroxyl groups excluding tert-OH is 1. The van der Waals surface area contributed by atoms with E-state index in [0.717, 1.165) is 12.8 Å². The molecule has 3 N–H and O–H groups in total.